The van der Waals surface area contributed by atoms with Crippen LogP contribution in [0.1, 0.15) is 43.6 Å². The normalized spacial score (nSPS) is 17.8. The molecule has 1 aliphatic rings. The molecule has 1 fully saturated rings. The maximum absolute atomic E-state index is 6.36. The van der Waals surface area contributed by atoms with E-state index in [1.54, 1.807) is 4.52 Å². The Balaban J connectivity index is 2.13. The van der Waals surface area contributed by atoms with Crippen molar-refractivity contribution in [2.45, 2.75) is 38.0 Å². The van der Waals surface area contributed by atoms with E-state index >= 15 is 0 Å². The number of hydrogen-bond donors (Lipinski definition) is 0. The summed E-state index contributed by atoms with van der Waals surface area (Å²) in [5.41, 5.74) is 0.936. The molecule has 17 heavy (non-hydrogen) atoms. The number of nitrogens with zero attached hydrogens (tertiary/aromatic N) is 4. The maximum Gasteiger partial charge on any atom is 0.254 e. The molecule has 90 valence electrons. The Labute approximate surface area is 109 Å². The molecule has 1 saturated carbocycles. The van der Waals surface area contributed by atoms with Crippen LogP contribution in [0.15, 0.2) is 6.33 Å². The largest absolute Gasteiger partial charge is 0.254 e. The van der Waals surface area contributed by atoms with Gasteiger partial charge in [0.25, 0.3) is 5.78 Å². The first-order chi connectivity index (χ1) is 8.27. The van der Waals surface area contributed by atoms with Crippen molar-refractivity contribution >= 4 is 29.0 Å². The Morgan fingerprint density at radius 1 is 1.18 bits per heavy atom. The second kappa shape index (κ2) is 4.42. The standard InChI is InChI=1S/C11H12Cl2N4/c12-9-8(7-4-2-1-3-5-7)10(13)17-11(16-9)14-6-15-17/h6-7H,1-5H2. The van der Waals surface area contributed by atoms with E-state index in [1.165, 1.54) is 25.6 Å². The lowest BCUT2D eigenvalue weighted by atomic mass is 9.85. The molecule has 2 aromatic heterocycles. The van der Waals surface area contributed by atoms with Crippen molar-refractivity contribution in [3.63, 3.8) is 0 Å². The van der Waals surface area contributed by atoms with E-state index in [1.807, 2.05) is 0 Å². The van der Waals surface area contributed by atoms with Gasteiger partial charge in [0.05, 0.1) is 0 Å². The van der Waals surface area contributed by atoms with Crippen LogP contribution in [0.25, 0.3) is 5.78 Å². The first-order valence-electron chi connectivity index (χ1n) is 5.82. The third-order valence-corrected chi connectivity index (χ3v) is 4.02. The highest BCUT2D eigenvalue weighted by molar-refractivity contribution is 6.35. The molecule has 0 aliphatic heterocycles. The second-order valence-corrected chi connectivity index (χ2v) is 5.13. The molecule has 0 radical (unpaired) electrons. The van der Waals surface area contributed by atoms with Crippen LogP contribution in [0.5, 0.6) is 0 Å². The fraction of sp³-hybridized carbons (Fsp3) is 0.545. The molecule has 2 aromatic rings. The van der Waals surface area contributed by atoms with Gasteiger partial charge in [-0.25, -0.2) is 0 Å². The summed E-state index contributed by atoms with van der Waals surface area (Å²) < 4.78 is 1.55. The van der Waals surface area contributed by atoms with Crippen LogP contribution in [0.2, 0.25) is 10.3 Å². The highest BCUT2D eigenvalue weighted by Crippen LogP contribution is 2.39. The number of fused-ring (bicyclic) bond motifs is 1. The average molecular weight is 271 g/mol. The predicted molar refractivity (Wildman–Crippen MR) is 66.6 cm³/mol. The molecule has 0 unspecified atom stereocenters. The van der Waals surface area contributed by atoms with E-state index in [-0.39, 0.29) is 0 Å². The number of aromatic nitrogens is 4. The first kappa shape index (κ1) is 11.2. The average Bonchev–Trinajstić information content (AvgIpc) is 2.78. The molecule has 0 spiro atoms. The quantitative estimate of drug-likeness (QED) is 0.746. The Kier molecular flexibility index (Phi) is 2.92. The highest BCUT2D eigenvalue weighted by Gasteiger charge is 2.24. The molecule has 0 bridgehead atoms. The van der Waals surface area contributed by atoms with E-state index in [9.17, 15) is 0 Å². The Morgan fingerprint density at radius 2 is 1.94 bits per heavy atom. The summed E-state index contributed by atoms with van der Waals surface area (Å²) in [7, 11) is 0. The van der Waals surface area contributed by atoms with Gasteiger partial charge in [0, 0.05) is 5.56 Å². The summed E-state index contributed by atoms with van der Waals surface area (Å²) >= 11 is 12.6. The predicted octanol–water partition coefficient (Wildman–Crippen LogP) is 3.48. The zero-order valence-corrected chi connectivity index (χ0v) is 10.7. The molecule has 0 atom stereocenters. The summed E-state index contributed by atoms with van der Waals surface area (Å²) in [6.45, 7) is 0. The topological polar surface area (TPSA) is 43.1 Å². The smallest absolute Gasteiger partial charge is 0.199 e. The van der Waals surface area contributed by atoms with E-state index in [0.717, 1.165) is 18.4 Å². The summed E-state index contributed by atoms with van der Waals surface area (Å²) in [4.78, 5) is 8.24. The molecule has 2 heterocycles. The zero-order chi connectivity index (χ0) is 11.8. The van der Waals surface area contributed by atoms with Crippen molar-refractivity contribution in [1.82, 2.24) is 19.6 Å². The fourth-order valence-electron chi connectivity index (χ4n) is 2.53. The molecule has 3 rings (SSSR count). The van der Waals surface area contributed by atoms with Crippen LogP contribution in [0.3, 0.4) is 0 Å². The van der Waals surface area contributed by atoms with Crippen molar-refractivity contribution in [3.8, 4) is 0 Å². The van der Waals surface area contributed by atoms with E-state index in [2.05, 4.69) is 15.1 Å². The van der Waals surface area contributed by atoms with Crippen LogP contribution in [-0.2, 0) is 0 Å². The molecular weight excluding hydrogens is 259 g/mol. The third kappa shape index (κ3) is 1.89. The van der Waals surface area contributed by atoms with Gasteiger partial charge in [-0.15, -0.1) is 0 Å². The molecule has 1 aliphatic carbocycles. The summed E-state index contributed by atoms with van der Waals surface area (Å²) in [5.74, 6) is 0.865. The van der Waals surface area contributed by atoms with Crippen LogP contribution in [0.4, 0.5) is 0 Å². The van der Waals surface area contributed by atoms with Crippen molar-refractivity contribution in [3.05, 3.63) is 22.2 Å². The lowest BCUT2D eigenvalue weighted by Crippen LogP contribution is -2.09. The van der Waals surface area contributed by atoms with Crippen molar-refractivity contribution < 1.29 is 0 Å². The zero-order valence-electron chi connectivity index (χ0n) is 9.24. The van der Waals surface area contributed by atoms with Crippen LogP contribution < -0.4 is 0 Å². The Bertz CT molecular complexity index is 546. The second-order valence-electron chi connectivity index (χ2n) is 4.41. The van der Waals surface area contributed by atoms with Gasteiger partial charge in [-0.1, -0.05) is 42.5 Å². The minimum Gasteiger partial charge on any atom is -0.199 e. The van der Waals surface area contributed by atoms with Gasteiger partial charge >= 0.3 is 0 Å². The highest BCUT2D eigenvalue weighted by atomic mass is 35.5. The molecule has 0 N–H and O–H groups in total. The monoisotopic (exact) mass is 270 g/mol. The number of rotatable bonds is 1. The van der Waals surface area contributed by atoms with Crippen molar-refractivity contribution in [1.29, 1.82) is 0 Å². The molecule has 6 heteroatoms. The molecule has 4 nitrogen and oxygen atoms in total. The number of halogens is 2. The molecule has 0 amide bonds. The van der Waals surface area contributed by atoms with Crippen LogP contribution in [-0.4, -0.2) is 19.6 Å². The SMILES string of the molecule is Clc1nc2ncnn2c(Cl)c1C1CCCCC1. The van der Waals surface area contributed by atoms with E-state index < -0.39 is 0 Å². The Hall–Kier alpha value is -0.870. The molecular formula is C11H12Cl2N4. The summed E-state index contributed by atoms with van der Waals surface area (Å²) in [6, 6.07) is 0. The minimum absolute atomic E-state index is 0.407. The summed E-state index contributed by atoms with van der Waals surface area (Å²) in [5, 5.41) is 5.10. The molecule has 0 saturated heterocycles. The van der Waals surface area contributed by atoms with E-state index in [0.29, 0.717) is 22.0 Å². The van der Waals surface area contributed by atoms with Gasteiger partial charge in [-0.3, -0.25) is 0 Å². The minimum atomic E-state index is 0.407. The summed E-state index contributed by atoms with van der Waals surface area (Å²) in [6.07, 6.45) is 7.45. The van der Waals surface area contributed by atoms with Gasteiger partial charge in [-0.05, 0) is 18.8 Å². The van der Waals surface area contributed by atoms with Crippen molar-refractivity contribution in [2.24, 2.45) is 0 Å². The lowest BCUT2D eigenvalue weighted by molar-refractivity contribution is 0.441. The molecule has 0 aromatic carbocycles. The third-order valence-electron chi connectivity index (χ3n) is 3.37. The Morgan fingerprint density at radius 3 is 2.71 bits per heavy atom. The van der Waals surface area contributed by atoms with Gasteiger partial charge in [0.2, 0.25) is 0 Å². The van der Waals surface area contributed by atoms with Gasteiger partial charge in [0.1, 0.15) is 16.6 Å². The van der Waals surface area contributed by atoms with Gasteiger partial charge < -0.3 is 0 Å². The number of hydrogen-bond acceptors (Lipinski definition) is 3. The van der Waals surface area contributed by atoms with Gasteiger partial charge in [-0.2, -0.15) is 19.6 Å². The first-order valence-corrected chi connectivity index (χ1v) is 6.57. The lowest BCUT2D eigenvalue weighted by Gasteiger charge is -2.23. The van der Waals surface area contributed by atoms with E-state index in [4.69, 9.17) is 23.2 Å². The maximum atomic E-state index is 6.36. The van der Waals surface area contributed by atoms with Gasteiger partial charge in [0.15, 0.2) is 0 Å². The van der Waals surface area contributed by atoms with Crippen molar-refractivity contribution in [2.75, 3.05) is 0 Å². The fourth-order valence-corrected chi connectivity index (χ4v) is 3.26. The van der Waals surface area contributed by atoms with Crippen LogP contribution >= 0.6 is 23.2 Å². The van der Waals surface area contributed by atoms with Crippen LogP contribution in [0, 0.1) is 0 Å².